The second-order valence-corrected chi connectivity index (χ2v) is 4.85. The zero-order valence-corrected chi connectivity index (χ0v) is 10.5. The highest BCUT2D eigenvalue weighted by atomic mass is 16.3. The molecule has 0 spiro atoms. The third-order valence-corrected chi connectivity index (χ3v) is 3.51. The minimum Gasteiger partial charge on any atom is -0.494 e. The van der Waals surface area contributed by atoms with Gasteiger partial charge in [0.1, 0.15) is 5.84 Å². The molecule has 0 saturated heterocycles. The molecule has 0 fully saturated rings. The monoisotopic (exact) mass is 248 g/mol. The predicted molar refractivity (Wildman–Crippen MR) is 78.0 cm³/mol. The fraction of sp³-hybridized carbons (Fsp3) is 0.0625. The smallest absolute Gasteiger partial charge is 0.197 e. The normalized spacial score (nSPS) is 16.7. The number of aliphatic imine (C=N–C) groups is 1. The van der Waals surface area contributed by atoms with Crippen LogP contribution >= 0.6 is 0 Å². The zero-order chi connectivity index (χ0) is 13.0. The lowest BCUT2D eigenvalue weighted by atomic mass is 10.0. The number of fused-ring (bicyclic) bond motifs is 2. The Morgan fingerprint density at radius 3 is 2.68 bits per heavy atom. The Morgan fingerprint density at radius 1 is 1.05 bits per heavy atom. The number of nitrogens with zero attached hydrogens (tertiary/aromatic N) is 2. The Labute approximate surface area is 110 Å². The van der Waals surface area contributed by atoms with Crippen molar-refractivity contribution in [2.45, 2.75) is 6.92 Å². The highest BCUT2D eigenvalue weighted by Gasteiger charge is 2.26. The van der Waals surface area contributed by atoms with E-state index in [0.717, 1.165) is 33.6 Å². The van der Waals surface area contributed by atoms with Gasteiger partial charge in [0.15, 0.2) is 5.88 Å². The first-order valence-electron chi connectivity index (χ1n) is 6.23. The summed E-state index contributed by atoms with van der Waals surface area (Å²) in [6.07, 6.45) is 3.74. The standard InChI is InChI=1S/C16H12N2O/c1-10-8-14-17-12-6-2-4-11-5-3-7-13(16(11)12)18(14)15(19)9-10/h2-9,19H,1H3. The first-order chi connectivity index (χ1) is 9.24. The summed E-state index contributed by atoms with van der Waals surface area (Å²) in [7, 11) is 0. The predicted octanol–water partition coefficient (Wildman–Crippen LogP) is 4.05. The molecule has 1 N–H and O–H groups in total. The van der Waals surface area contributed by atoms with Crippen LogP contribution in [0.15, 0.2) is 65.0 Å². The number of aliphatic hydroxyl groups is 1. The maximum Gasteiger partial charge on any atom is 0.197 e. The van der Waals surface area contributed by atoms with Crippen LogP contribution in [0.2, 0.25) is 0 Å². The summed E-state index contributed by atoms with van der Waals surface area (Å²) in [4.78, 5) is 6.45. The first-order valence-corrected chi connectivity index (χ1v) is 6.23. The molecule has 4 rings (SSSR count). The van der Waals surface area contributed by atoms with Gasteiger partial charge in [0, 0.05) is 11.5 Å². The first kappa shape index (κ1) is 10.4. The van der Waals surface area contributed by atoms with Crippen LogP contribution in [0.1, 0.15) is 6.92 Å². The molecule has 92 valence electrons. The van der Waals surface area contributed by atoms with E-state index in [1.807, 2.05) is 37.3 Å². The number of hydrogen-bond acceptors (Lipinski definition) is 3. The van der Waals surface area contributed by atoms with Crippen LogP contribution < -0.4 is 4.90 Å². The molecule has 0 atom stereocenters. The Kier molecular flexibility index (Phi) is 1.90. The molecule has 0 aliphatic carbocycles. The van der Waals surface area contributed by atoms with Crippen molar-refractivity contribution in [3.05, 3.63) is 60.0 Å². The maximum absolute atomic E-state index is 10.2. The number of benzene rings is 2. The van der Waals surface area contributed by atoms with Gasteiger partial charge in [-0.25, -0.2) is 4.99 Å². The van der Waals surface area contributed by atoms with E-state index in [1.165, 1.54) is 0 Å². The zero-order valence-electron chi connectivity index (χ0n) is 10.5. The topological polar surface area (TPSA) is 35.8 Å². The summed E-state index contributed by atoms with van der Waals surface area (Å²) in [5.41, 5.74) is 2.94. The van der Waals surface area contributed by atoms with E-state index in [9.17, 15) is 5.11 Å². The highest BCUT2D eigenvalue weighted by molar-refractivity contribution is 6.20. The van der Waals surface area contributed by atoms with Crippen molar-refractivity contribution in [3.8, 4) is 0 Å². The molecule has 3 nitrogen and oxygen atoms in total. The van der Waals surface area contributed by atoms with Gasteiger partial charge in [-0.05, 0) is 36.1 Å². The SMILES string of the molecule is CC1=CC2=Nc3cccc4cccc(c34)N2C(O)=C1. The van der Waals surface area contributed by atoms with Gasteiger partial charge in [-0.2, -0.15) is 0 Å². The lowest BCUT2D eigenvalue weighted by Crippen LogP contribution is -2.32. The second kappa shape index (κ2) is 3.48. The molecule has 0 aromatic heterocycles. The van der Waals surface area contributed by atoms with Crippen LogP contribution in [0.25, 0.3) is 10.8 Å². The third-order valence-electron chi connectivity index (χ3n) is 3.51. The molecular formula is C16H12N2O. The van der Waals surface area contributed by atoms with Crippen LogP contribution in [0.5, 0.6) is 0 Å². The third kappa shape index (κ3) is 1.35. The quantitative estimate of drug-likeness (QED) is 0.763. The summed E-state index contributed by atoms with van der Waals surface area (Å²) in [6, 6.07) is 12.2. The van der Waals surface area contributed by atoms with Gasteiger partial charge in [-0.15, -0.1) is 0 Å². The van der Waals surface area contributed by atoms with Gasteiger partial charge >= 0.3 is 0 Å². The number of allylic oxidation sites excluding steroid dienone is 2. The Bertz CT molecular complexity index is 794. The van der Waals surface area contributed by atoms with Crippen LogP contribution in [0.3, 0.4) is 0 Å². The van der Waals surface area contributed by atoms with Crippen LogP contribution in [-0.2, 0) is 0 Å². The molecule has 0 amide bonds. The molecule has 2 aliphatic heterocycles. The van der Waals surface area contributed by atoms with Crippen molar-refractivity contribution in [3.63, 3.8) is 0 Å². The highest BCUT2D eigenvalue weighted by Crippen LogP contribution is 2.41. The van der Waals surface area contributed by atoms with Gasteiger partial charge in [0.2, 0.25) is 0 Å². The lowest BCUT2D eigenvalue weighted by molar-refractivity contribution is 0.404. The van der Waals surface area contributed by atoms with E-state index in [1.54, 1.807) is 11.0 Å². The molecule has 2 heterocycles. The van der Waals surface area contributed by atoms with Crippen molar-refractivity contribution < 1.29 is 5.11 Å². The molecule has 0 radical (unpaired) electrons. The molecule has 0 saturated carbocycles. The van der Waals surface area contributed by atoms with Crippen LogP contribution in [-0.4, -0.2) is 10.9 Å². The summed E-state index contributed by atoms with van der Waals surface area (Å²) in [5.74, 6) is 0.990. The largest absolute Gasteiger partial charge is 0.494 e. The van der Waals surface area contributed by atoms with E-state index in [2.05, 4.69) is 17.1 Å². The molecule has 19 heavy (non-hydrogen) atoms. The summed E-state index contributed by atoms with van der Waals surface area (Å²) >= 11 is 0. The van der Waals surface area contributed by atoms with Gasteiger partial charge in [0.05, 0.1) is 11.4 Å². The van der Waals surface area contributed by atoms with Gasteiger partial charge in [-0.3, -0.25) is 4.90 Å². The minimum absolute atomic E-state index is 0.223. The van der Waals surface area contributed by atoms with Crippen molar-refractivity contribution >= 4 is 28.0 Å². The molecule has 3 heteroatoms. The number of hydrogen-bond donors (Lipinski definition) is 1. The van der Waals surface area contributed by atoms with E-state index < -0.39 is 0 Å². The summed E-state index contributed by atoms with van der Waals surface area (Å²) in [5, 5.41) is 12.4. The van der Waals surface area contributed by atoms with Crippen LogP contribution in [0.4, 0.5) is 11.4 Å². The molecular weight excluding hydrogens is 236 g/mol. The molecule has 2 aliphatic rings. The molecule has 2 aromatic rings. The van der Waals surface area contributed by atoms with Crippen molar-refractivity contribution in [2.75, 3.05) is 4.90 Å². The fourth-order valence-corrected chi connectivity index (χ4v) is 2.73. The van der Waals surface area contributed by atoms with E-state index in [-0.39, 0.29) is 5.88 Å². The Morgan fingerprint density at radius 2 is 1.84 bits per heavy atom. The lowest BCUT2D eigenvalue weighted by Gasteiger charge is -2.31. The van der Waals surface area contributed by atoms with Crippen molar-refractivity contribution in [1.82, 2.24) is 0 Å². The van der Waals surface area contributed by atoms with Gasteiger partial charge < -0.3 is 5.11 Å². The maximum atomic E-state index is 10.2. The number of amidine groups is 1. The summed E-state index contributed by atoms with van der Waals surface area (Å²) in [6.45, 7) is 1.96. The minimum atomic E-state index is 0.223. The van der Waals surface area contributed by atoms with Crippen molar-refractivity contribution in [2.24, 2.45) is 4.99 Å². The Hall–Kier alpha value is -2.55. The number of rotatable bonds is 0. The molecule has 0 unspecified atom stereocenters. The van der Waals surface area contributed by atoms with E-state index in [0.29, 0.717) is 0 Å². The van der Waals surface area contributed by atoms with Crippen molar-refractivity contribution in [1.29, 1.82) is 0 Å². The Balaban J connectivity index is 2.12. The average Bonchev–Trinajstić information content (AvgIpc) is 2.38. The summed E-state index contributed by atoms with van der Waals surface area (Å²) < 4.78 is 0. The fourth-order valence-electron chi connectivity index (χ4n) is 2.73. The second-order valence-electron chi connectivity index (χ2n) is 4.85. The number of aliphatic hydroxyl groups excluding tert-OH is 1. The van der Waals surface area contributed by atoms with E-state index >= 15 is 0 Å². The number of anilines is 1. The van der Waals surface area contributed by atoms with Gasteiger partial charge in [0.25, 0.3) is 0 Å². The van der Waals surface area contributed by atoms with Gasteiger partial charge in [-0.1, -0.05) is 24.3 Å². The average molecular weight is 248 g/mol. The van der Waals surface area contributed by atoms with Crippen LogP contribution in [0, 0.1) is 0 Å². The molecule has 2 aromatic carbocycles. The van der Waals surface area contributed by atoms with E-state index in [4.69, 9.17) is 0 Å². The molecule has 0 bridgehead atoms.